The van der Waals surface area contributed by atoms with Crippen LogP contribution in [0.25, 0.3) is 0 Å². The van der Waals surface area contributed by atoms with Gasteiger partial charge in [-0.2, -0.15) is 0 Å². The molecule has 3 aliphatic heterocycles. The molecule has 0 spiro atoms. The number of carbonyl (C=O) groups excluding carboxylic acids is 1. The molecule has 58 heavy (non-hydrogen) atoms. The first-order valence-electron chi connectivity index (χ1n) is 20.9. The lowest BCUT2D eigenvalue weighted by molar-refractivity contribution is -0.379. The maximum Gasteiger partial charge on any atom is 0.220 e. The summed E-state index contributed by atoms with van der Waals surface area (Å²) in [6, 6.07) is -0.959. The number of unbranched alkanes of at least 4 members (excludes halogenated alkanes) is 10. The molecule has 0 aromatic heterocycles. The Hall–Kier alpha value is -1.47. The zero-order valence-corrected chi connectivity index (χ0v) is 33.8. The number of aliphatic hydroxyl groups is 11. The molecule has 3 saturated heterocycles. The van der Waals surface area contributed by atoms with Crippen LogP contribution in [-0.4, -0.2) is 193 Å². The summed E-state index contributed by atoms with van der Waals surface area (Å²) in [5.41, 5.74) is 0. The average Bonchev–Trinajstić information content (AvgIpc) is 3.22. The highest BCUT2D eigenvalue weighted by Gasteiger charge is 2.53. The van der Waals surface area contributed by atoms with E-state index >= 15 is 0 Å². The van der Waals surface area contributed by atoms with Crippen LogP contribution >= 0.6 is 0 Å². The number of hydrogen-bond donors (Lipinski definition) is 12. The Balaban J connectivity index is 1.63. The van der Waals surface area contributed by atoms with Gasteiger partial charge in [0.25, 0.3) is 0 Å². The van der Waals surface area contributed by atoms with Gasteiger partial charge in [-0.1, -0.05) is 83.8 Å². The SMILES string of the molecule is CCCCCC/C=C/C(O)C(COC1OC(CO)C(OC2OC(CO)C(OC3OC(CO)C(O)C(O)C3O)C(O)C2O)C(O)C1O)NC(=O)CCCCCCCCC. The van der Waals surface area contributed by atoms with E-state index in [1.165, 1.54) is 6.42 Å². The van der Waals surface area contributed by atoms with Gasteiger partial charge in [0.05, 0.1) is 38.6 Å². The number of carbonyl (C=O) groups is 1. The minimum atomic E-state index is -1.97. The second-order valence-electron chi connectivity index (χ2n) is 15.5. The van der Waals surface area contributed by atoms with Gasteiger partial charge in [0.15, 0.2) is 18.9 Å². The Labute approximate surface area is 340 Å². The van der Waals surface area contributed by atoms with Crippen LogP contribution in [0.2, 0.25) is 0 Å². The molecule has 3 heterocycles. The highest BCUT2D eigenvalue weighted by molar-refractivity contribution is 5.76. The molecule has 3 fully saturated rings. The number of amides is 1. The normalized spacial score (nSPS) is 36.9. The molecule has 3 rings (SSSR count). The van der Waals surface area contributed by atoms with E-state index in [-0.39, 0.29) is 18.9 Å². The Morgan fingerprint density at radius 1 is 0.603 bits per heavy atom. The van der Waals surface area contributed by atoms with E-state index < -0.39 is 124 Å². The molecule has 0 aromatic rings. The van der Waals surface area contributed by atoms with Gasteiger partial charge in [-0.3, -0.25) is 4.79 Å². The van der Waals surface area contributed by atoms with Crippen molar-refractivity contribution in [3.05, 3.63) is 12.2 Å². The molecule has 0 bridgehead atoms. The van der Waals surface area contributed by atoms with Crippen molar-refractivity contribution in [2.75, 3.05) is 26.4 Å². The minimum absolute atomic E-state index is 0.242. The van der Waals surface area contributed by atoms with Crippen LogP contribution < -0.4 is 5.32 Å². The first-order chi connectivity index (χ1) is 27.8. The summed E-state index contributed by atoms with van der Waals surface area (Å²) in [7, 11) is 0. The summed E-state index contributed by atoms with van der Waals surface area (Å²) < 4.78 is 33.8. The maximum absolute atomic E-state index is 12.9. The largest absolute Gasteiger partial charge is 0.394 e. The fourth-order valence-electron chi connectivity index (χ4n) is 7.19. The first kappa shape index (κ1) is 50.9. The van der Waals surface area contributed by atoms with Gasteiger partial charge >= 0.3 is 0 Å². The molecule has 0 aliphatic carbocycles. The van der Waals surface area contributed by atoms with Crippen molar-refractivity contribution < 1.29 is 89.4 Å². The van der Waals surface area contributed by atoms with E-state index in [1.807, 2.05) is 6.08 Å². The quantitative estimate of drug-likeness (QED) is 0.0330. The van der Waals surface area contributed by atoms with Crippen LogP contribution in [0.3, 0.4) is 0 Å². The summed E-state index contributed by atoms with van der Waals surface area (Å²) in [4.78, 5) is 12.9. The third-order valence-corrected chi connectivity index (χ3v) is 10.8. The molecule has 0 saturated carbocycles. The average molecular weight is 842 g/mol. The van der Waals surface area contributed by atoms with Gasteiger partial charge < -0.3 is 89.9 Å². The fourth-order valence-corrected chi connectivity index (χ4v) is 7.19. The van der Waals surface area contributed by atoms with Gasteiger partial charge in [-0.05, 0) is 19.3 Å². The Morgan fingerprint density at radius 2 is 1.07 bits per heavy atom. The van der Waals surface area contributed by atoms with E-state index in [4.69, 9.17) is 28.4 Å². The Bertz CT molecular complexity index is 1150. The van der Waals surface area contributed by atoms with Gasteiger partial charge in [0.1, 0.15) is 73.2 Å². The van der Waals surface area contributed by atoms with Gasteiger partial charge in [0, 0.05) is 6.42 Å². The number of rotatable bonds is 26. The van der Waals surface area contributed by atoms with Crippen LogP contribution in [0.5, 0.6) is 0 Å². The fraction of sp³-hybridized carbons (Fsp3) is 0.923. The molecule has 19 heteroatoms. The molecule has 0 radical (unpaired) electrons. The van der Waals surface area contributed by atoms with E-state index in [9.17, 15) is 61.0 Å². The molecular formula is C39H71NO18. The van der Waals surface area contributed by atoms with Crippen LogP contribution in [0.4, 0.5) is 0 Å². The zero-order chi connectivity index (χ0) is 42.8. The number of hydrogen-bond acceptors (Lipinski definition) is 18. The van der Waals surface area contributed by atoms with Gasteiger partial charge in [-0.15, -0.1) is 0 Å². The van der Waals surface area contributed by atoms with Crippen molar-refractivity contribution in [2.45, 2.75) is 202 Å². The summed E-state index contributed by atoms with van der Waals surface area (Å²) in [5.74, 6) is -0.292. The topological polar surface area (TPSA) is 307 Å². The number of allylic oxidation sites excluding steroid dienone is 1. The van der Waals surface area contributed by atoms with Gasteiger partial charge in [-0.25, -0.2) is 0 Å². The molecule has 17 atom stereocenters. The minimum Gasteiger partial charge on any atom is -0.394 e. The zero-order valence-electron chi connectivity index (χ0n) is 33.8. The predicted octanol–water partition coefficient (Wildman–Crippen LogP) is -2.04. The Morgan fingerprint density at radius 3 is 1.62 bits per heavy atom. The lowest BCUT2D eigenvalue weighted by Crippen LogP contribution is -2.66. The third kappa shape index (κ3) is 14.9. The van der Waals surface area contributed by atoms with E-state index in [0.717, 1.165) is 64.2 Å². The molecule has 17 unspecified atom stereocenters. The lowest BCUT2D eigenvalue weighted by Gasteiger charge is -2.48. The van der Waals surface area contributed by atoms with Crippen molar-refractivity contribution in [3.63, 3.8) is 0 Å². The van der Waals surface area contributed by atoms with E-state index in [1.54, 1.807) is 6.08 Å². The summed E-state index contributed by atoms with van der Waals surface area (Å²) in [6.45, 7) is 1.49. The lowest BCUT2D eigenvalue weighted by atomic mass is 9.96. The second kappa shape index (κ2) is 26.8. The van der Waals surface area contributed by atoms with Crippen LogP contribution in [0.15, 0.2) is 12.2 Å². The maximum atomic E-state index is 12.9. The van der Waals surface area contributed by atoms with Crippen molar-refractivity contribution in [3.8, 4) is 0 Å². The van der Waals surface area contributed by atoms with Crippen LogP contribution in [0, 0.1) is 0 Å². The van der Waals surface area contributed by atoms with Crippen molar-refractivity contribution >= 4 is 5.91 Å². The molecular weight excluding hydrogens is 770 g/mol. The highest BCUT2D eigenvalue weighted by Crippen LogP contribution is 2.32. The van der Waals surface area contributed by atoms with Crippen LogP contribution in [0.1, 0.15) is 97.3 Å². The van der Waals surface area contributed by atoms with Crippen molar-refractivity contribution in [1.82, 2.24) is 5.32 Å². The molecule has 340 valence electrons. The predicted molar refractivity (Wildman–Crippen MR) is 203 cm³/mol. The molecule has 19 nitrogen and oxygen atoms in total. The summed E-state index contributed by atoms with van der Waals surface area (Å²) >= 11 is 0. The van der Waals surface area contributed by atoms with Gasteiger partial charge in [0.2, 0.25) is 5.91 Å². The molecule has 12 N–H and O–H groups in total. The Kier molecular flexibility index (Phi) is 23.5. The molecule has 1 amide bonds. The monoisotopic (exact) mass is 841 g/mol. The molecule has 0 aromatic carbocycles. The standard InChI is InChI=1S/C39H71NO18/c1-3-5-7-9-11-13-15-17-27(45)40-22(23(44)16-14-12-10-8-6-4-2)21-53-37-33(51)30(48)35(25(19-42)55-37)58-39-34(52)31(49)36(26(20-43)56-39)57-38-32(50)29(47)28(46)24(18-41)54-38/h14,16,22-26,28-39,41-44,46-52H,3-13,15,17-21H2,1-2H3,(H,40,45)/b16-14+. The summed E-state index contributed by atoms with van der Waals surface area (Å²) in [5, 5.41) is 118. The van der Waals surface area contributed by atoms with Crippen molar-refractivity contribution in [2.24, 2.45) is 0 Å². The summed E-state index contributed by atoms with van der Waals surface area (Å²) in [6.07, 6.45) is -11.0. The van der Waals surface area contributed by atoms with Crippen molar-refractivity contribution in [1.29, 1.82) is 0 Å². The highest BCUT2D eigenvalue weighted by atomic mass is 16.8. The smallest absolute Gasteiger partial charge is 0.220 e. The second-order valence-corrected chi connectivity index (χ2v) is 15.5. The first-order valence-corrected chi connectivity index (χ1v) is 20.9. The van der Waals surface area contributed by atoms with E-state index in [0.29, 0.717) is 6.42 Å². The number of aliphatic hydroxyl groups excluding tert-OH is 11. The molecule has 3 aliphatic rings. The number of ether oxygens (including phenoxy) is 6. The van der Waals surface area contributed by atoms with E-state index in [2.05, 4.69) is 19.2 Å². The van der Waals surface area contributed by atoms with Crippen LogP contribution in [-0.2, 0) is 33.2 Å². The number of nitrogens with one attached hydrogen (secondary N) is 1. The third-order valence-electron chi connectivity index (χ3n) is 10.8.